The van der Waals surface area contributed by atoms with Crippen LogP contribution < -0.4 is 5.32 Å². The Labute approximate surface area is 119 Å². The van der Waals surface area contributed by atoms with Crippen LogP contribution in [0.5, 0.6) is 0 Å². The fraction of sp³-hybridized carbons (Fsp3) is 0.714. The minimum absolute atomic E-state index is 0.0164. The van der Waals surface area contributed by atoms with Crippen LogP contribution in [0.15, 0.2) is 12.3 Å². The molecule has 0 aromatic carbocycles. The second kappa shape index (κ2) is 5.93. The van der Waals surface area contributed by atoms with E-state index in [1.807, 2.05) is 28.8 Å². The van der Waals surface area contributed by atoms with Gasteiger partial charge in [-0.1, -0.05) is 0 Å². The fourth-order valence-corrected chi connectivity index (χ4v) is 2.88. The number of carbonyl (C=O) groups excluding carboxylic acids is 1. The predicted octanol–water partition coefficient (Wildman–Crippen LogP) is 0.668. The third-order valence-electron chi connectivity index (χ3n) is 4.00. The summed E-state index contributed by atoms with van der Waals surface area (Å²) in [4.78, 5) is 14.3. The molecule has 0 aliphatic carbocycles. The van der Waals surface area contributed by atoms with Gasteiger partial charge in [-0.05, 0) is 32.4 Å². The van der Waals surface area contributed by atoms with Gasteiger partial charge in [-0.25, -0.2) is 0 Å². The molecule has 2 atom stereocenters. The van der Waals surface area contributed by atoms with Gasteiger partial charge in [-0.2, -0.15) is 5.10 Å². The number of aromatic nitrogens is 2. The van der Waals surface area contributed by atoms with E-state index in [0.29, 0.717) is 31.4 Å². The summed E-state index contributed by atoms with van der Waals surface area (Å²) in [6.45, 7) is 5.92. The van der Waals surface area contributed by atoms with E-state index in [9.17, 15) is 4.79 Å². The largest absolute Gasteiger partial charge is 0.375 e. The molecule has 20 heavy (non-hydrogen) atoms. The molecular formula is C14H22N4O2. The van der Waals surface area contributed by atoms with Gasteiger partial charge in [0.2, 0.25) is 0 Å². The minimum Gasteiger partial charge on any atom is -0.375 e. The van der Waals surface area contributed by atoms with Crippen molar-refractivity contribution >= 4 is 5.91 Å². The van der Waals surface area contributed by atoms with Crippen LogP contribution in [0, 0.1) is 0 Å². The van der Waals surface area contributed by atoms with Gasteiger partial charge in [0.25, 0.3) is 5.91 Å². The molecule has 1 aromatic rings. The molecule has 6 nitrogen and oxygen atoms in total. The zero-order chi connectivity index (χ0) is 13.9. The third kappa shape index (κ3) is 2.86. The van der Waals surface area contributed by atoms with Crippen LogP contribution in [0.2, 0.25) is 0 Å². The lowest BCUT2D eigenvalue weighted by atomic mass is 10.1. The molecule has 1 aromatic heterocycles. The topological polar surface area (TPSA) is 59.4 Å². The molecule has 0 bridgehead atoms. The second-order valence-corrected chi connectivity index (χ2v) is 5.61. The Kier molecular flexibility index (Phi) is 4.03. The Balaban J connectivity index is 1.67. The minimum atomic E-state index is 0.0164. The van der Waals surface area contributed by atoms with E-state index in [4.69, 9.17) is 4.74 Å². The average Bonchev–Trinajstić information content (AvgIpc) is 2.97. The maximum absolute atomic E-state index is 12.4. The van der Waals surface area contributed by atoms with Gasteiger partial charge in [-0.15, -0.1) is 0 Å². The van der Waals surface area contributed by atoms with E-state index in [0.717, 1.165) is 25.9 Å². The summed E-state index contributed by atoms with van der Waals surface area (Å²) in [5.74, 6) is 0.0164. The van der Waals surface area contributed by atoms with Crippen molar-refractivity contribution < 1.29 is 9.53 Å². The van der Waals surface area contributed by atoms with Crippen LogP contribution in [0.3, 0.4) is 0 Å². The van der Waals surface area contributed by atoms with Gasteiger partial charge < -0.3 is 15.0 Å². The Morgan fingerprint density at radius 1 is 1.55 bits per heavy atom. The summed E-state index contributed by atoms with van der Waals surface area (Å²) >= 11 is 0. The highest BCUT2D eigenvalue weighted by atomic mass is 16.5. The van der Waals surface area contributed by atoms with Crippen molar-refractivity contribution in [2.24, 2.45) is 0 Å². The Hall–Kier alpha value is -1.40. The summed E-state index contributed by atoms with van der Waals surface area (Å²) in [6.07, 6.45) is 4.32. The molecule has 0 saturated carbocycles. The number of ether oxygens (including phenoxy) is 1. The van der Waals surface area contributed by atoms with Crippen molar-refractivity contribution in [2.75, 3.05) is 32.8 Å². The maximum Gasteiger partial charge on any atom is 0.274 e. The lowest BCUT2D eigenvalue weighted by Crippen LogP contribution is -2.44. The van der Waals surface area contributed by atoms with E-state index < -0.39 is 0 Å². The SMILES string of the molecule is CC1CN(C(=O)c2ccn(C3CCCNC3)n2)CCO1. The van der Waals surface area contributed by atoms with Crippen LogP contribution >= 0.6 is 0 Å². The number of hydrogen-bond acceptors (Lipinski definition) is 4. The van der Waals surface area contributed by atoms with Crippen molar-refractivity contribution in [2.45, 2.75) is 31.9 Å². The highest BCUT2D eigenvalue weighted by Gasteiger charge is 2.25. The van der Waals surface area contributed by atoms with Gasteiger partial charge in [0, 0.05) is 25.8 Å². The lowest BCUT2D eigenvalue weighted by molar-refractivity contribution is -0.0126. The van der Waals surface area contributed by atoms with Gasteiger partial charge in [0.05, 0.1) is 18.8 Å². The normalized spacial score (nSPS) is 27.6. The Bertz CT molecular complexity index is 467. The van der Waals surface area contributed by atoms with Crippen molar-refractivity contribution in [1.82, 2.24) is 20.0 Å². The molecule has 0 radical (unpaired) electrons. The molecule has 1 amide bonds. The van der Waals surface area contributed by atoms with E-state index in [1.54, 1.807) is 0 Å². The second-order valence-electron chi connectivity index (χ2n) is 5.61. The first kappa shape index (κ1) is 13.6. The summed E-state index contributed by atoms with van der Waals surface area (Å²) in [5.41, 5.74) is 0.546. The zero-order valence-corrected chi connectivity index (χ0v) is 11.9. The molecule has 1 N–H and O–H groups in total. The van der Waals surface area contributed by atoms with E-state index in [1.165, 1.54) is 0 Å². The summed E-state index contributed by atoms with van der Waals surface area (Å²) in [7, 11) is 0. The molecular weight excluding hydrogens is 256 g/mol. The van der Waals surface area contributed by atoms with Crippen molar-refractivity contribution in [3.8, 4) is 0 Å². The maximum atomic E-state index is 12.4. The molecule has 2 saturated heterocycles. The summed E-state index contributed by atoms with van der Waals surface area (Å²) in [6, 6.07) is 2.20. The molecule has 0 spiro atoms. The van der Waals surface area contributed by atoms with Crippen LogP contribution in [0.1, 0.15) is 36.3 Å². The highest BCUT2D eigenvalue weighted by molar-refractivity contribution is 5.92. The Morgan fingerprint density at radius 3 is 3.20 bits per heavy atom. The number of amides is 1. The van der Waals surface area contributed by atoms with Crippen molar-refractivity contribution in [3.05, 3.63) is 18.0 Å². The zero-order valence-electron chi connectivity index (χ0n) is 11.9. The number of piperidine rings is 1. The molecule has 2 unspecified atom stereocenters. The van der Waals surface area contributed by atoms with E-state index >= 15 is 0 Å². The number of carbonyl (C=O) groups is 1. The van der Waals surface area contributed by atoms with Crippen LogP contribution in [-0.2, 0) is 4.74 Å². The standard InChI is InChI=1S/C14H22N4O2/c1-11-10-17(7-8-20-11)14(19)13-4-6-18(16-13)12-3-2-5-15-9-12/h4,6,11-12,15H,2-3,5,7-10H2,1H3. The summed E-state index contributed by atoms with van der Waals surface area (Å²) < 4.78 is 7.40. The number of morpholine rings is 1. The van der Waals surface area contributed by atoms with E-state index in [-0.39, 0.29) is 12.0 Å². The predicted molar refractivity (Wildman–Crippen MR) is 74.7 cm³/mol. The van der Waals surface area contributed by atoms with E-state index in [2.05, 4.69) is 10.4 Å². The monoisotopic (exact) mass is 278 g/mol. The highest BCUT2D eigenvalue weighted by Crippen LogP contribution is 2.16. The Morgan fingerprint density at radius 2 is 2.45 bits per heavy atom. The number of nitrogens with zero attached hydrogens (tertiary/aromatic N) is 3. The van der Waals surface area contributed by atoms with Crippen LogP contribution in [0.25, 0.3) is 0 Å². The third-order valence-corrected chi connectivity index (χ3v) is 4.00. The number of nitrogens with one attached hydrogen (secondary N) is 1. The number of rotatable bonds is 2. The molecule has 3 heterocycles. The van der Waals surface area contributed by atoms with Gasteiger partial charge in [-0.3, -0.25) is 9.48 Å². The molecule has 2 aliphatic heterocycles. The quantitative estimate of drug-likeness (QED) is 0.864. The van der Waals surface area contributed by atoms with Crippen LogP contribution in [-0.4, -0.2) is 59.5 Å². The lowest BCUT2D eigenvalue weighted by Gasteiger charge is -2.30. The summed E-state index contributed by atoms with van der Waals surface area (Å²) in [5, 5.41) is 7.85. The van der Waals surface area contributed by atoms with Gasteiger partial charge in [0.15, 0.2) is 0 Å². The molecule has 2 fully saturated rings. The van der Waals surface area contributed by atoms with Crippen LogP contribution in [0.4, 0.5) is 0 Å². The van der Waals surface area contributed by atoms with Crippen molar-refractivity contribution in [1.29, 1.82) is 0 Å². The van der Waals surface area contributed by atoms with Gasteiger partial charge in [0.1, 0.15) is 5.69 Å². The first-order valence-corrected chi connectivity index (χ1v) is 7.41. The number of hydrogen-bond donors (Lipinski definition) is 1. The van der Waals surface area contributed by atoms with Crippen molar-refractivity contribution in [3.63, 3.8) is 0 Å². The molecule has 110 valence electrons. The first-order valence-electron chi connectivity index (χ1n) is 7.41. The van der Waals surface area contributed by atoms with Gasteiger partial charge >= 0.3 is 0 Å². The first-order chi connectivity index (χ1) is 9.74. The fourth-order valence-electron chi connectivity index (χ4n) is 2.88. The molecule has 2 aliphatic rings. The molecule has 3 rings (SSSR count). The average molecular weight is 278 g/mol. The smallest absolute Gasteiger partial charge is 0.274 e. The molecule has 6 heteroatoms.